The van der Waals surface area contributed by atoms with Gasteiger partial charge in [0.2, 0.25) is 11.8 Å². The second kappa shape index (κ2) is 10.3. The number of likely N-dealkylation sites (tertiary alicyclic amines) is 1. The third-order valence-electron chi connectivity index (χ3n) is 6.66. The summed E-state index contributed by atoms with van der Waals surface area (Å²) in [5.41, 5.74) is 0. The van der Waals surface area contributed by atoms with Crippen LogP contribution >= 0.6 is 24.8 Å². The summed E-state index contributed by atoms with van der Waals surface area (Å²) >= 11 is 0. The van der Waals surface area contributed by atoms with Crippen LogP contribution in [0.15, 0.2) is 0 Å². The molecule has 6 nitrogen and oxygen atoms in total. The van der Waals surface area contributed by atoms with Crippen molar-refractivity contribution >= 4 is 36.6 Å². The zero-order valence-electron chi connectivity index (χ0n) is 16.1. The maximum atomic E-state index is 12.9. The van der Waals surface area contributed by atoms with E-state index < -0.39 is 0 Å². The average Bonchev–Trinajstić information content (AvgIpc) is 3.30. The summed E-state index contributed by atoms with van der Waals surface area (Å²) in [7, 11) is 0. The predicted octanol–water partition coefficient (Wildman–Crippen LogP) is 1.52. The first-order valence-corrected chi connectivity index (χ1v) is 10.3. The number of carbonyl (C=O) groups is 2. The molecule has 1 aliphatic carbocycles. The highest BCUT2D eigenvalue weighted by atomic mass is 35.5. The molecule has 3 saturated heterocycles. The minimum absolute atomic E-state index is 0. The van der Waals surface area contributed by atoms with E-state index in [2.05, 4.69) is 10.2 Å². The van der Waals surface area contributed by atoms with Crippen LogP contribution in [-0.2, 0) is 9.59 Å². The van der Waals surface area contributed by atoms with Gasteiger partial charge in [-0.05, 0) is 51.1 Å². The number of piperazine rings is 1. The van der Waals surface area contributed by atoms with Gasteiger partial charge in [0.05, 0.1) is 12.6 Å². The molecule has 1 saturated carbocycles. The van der Waals surface area contributed by atoms with Gasteiger partial charge in [0.1, 0.15) is 0 Å². The number of hydrogen-bond donors (Lipinski definition) is 1. The van der Waals surface area contributed by atoms with Crippen LogP contribution in [0.2, 0.25) is 0 Å². The van der Waals surface area contributed by atoms with Gasteiger partial charge in [-0.15, -0.1) is 24.8 Å². The molecule has 0 aromatic carbocycles. The highest BCUT2D eigenvalue weighted by Crippen LogP contribution is 2.33. The van der Waals surface area contributed by atoms with Crippen molar-refractivity contribution in [1.82, 2.24) is 20.0 Å². The first kappa shape index (κ1) is 22.7. The van der Waals surface area contributed by atoms with E-state index in [-0.39, 0.29) is 42.7 Å². The molecule has 0 bridgehead atoms. The molecule has 4 aliphatic rings. The Hall–Kier alpha value is -0.560. The Bertz CT molecular complexity index is 494. The normalized spacial score (nSPS) is 31.0. The Morgan fingerprint density at radius 1 is 0.815 bits per heavy atom. The summed E-state index contributed by atoms with van der Waals surface area (Å²) in [6, 6.07) is 0.575. The van der Waals surface area contributed by atoms with E-state index >= 15 is 0 Å². The van der Waals surface area contributed by atoms with Crippen LogP contribution in [0.4, 0.5) is 0 Å². The maximum Gasteiger partial charge on any atom is 0.239 e. The minimum Gasteiger partial charge on any atom is -0.338 e. The van der Waals surface area contributed by atoms with E-state index in [1.165, 1.54) is 38.5 Å². The Morgan fingerprint density at radius 2 is 1.44 bits per heavy atom. The topological polar surface area (TPSA) is 55.9 Å². The van der Waals surface area contributed by atoms with E-state index in [9.17, 15) is 9.59 Å². The standard InChI is InChI=1S/C19H32N4O2.2ClH/c24-18(14-21-7-3-4-8-21)22-9-11-23(12-10-22)19(25)17-13-15-5-1-2-6-16(15)20-17;;/h15-17,20H,1-14H2;2*1H. The maximum absolute atomic E-state index is 12.9. The molecule has 27 heavy (non-hydrogen) atoms. The van der Waals surface area contributed by atoms with Gasteiger partial charge in [-0.25, -0.2) is 0 Å². The first-order valence-electron chi connectivity index (χ1n) is 10.3. The third kappa shape index (κ3) is 5.28. The molecule has 156 valence electrons. The van der Waals surface area contributed by atoms with Crippen molar-refractivity contribution in [2.45, 2.75) is 57.0 Å². The van der Waals surface area contributed by atoms with Crippen LogP contribution in [0.1, 0.15) is 44.9 Å². The Balaban J connectivity index is 0.00000131. The molecule has 3 atom stereocenters. The lowest BCUT2D eigenvalue weighted by Crippen LogP contribution is -2.55. The van der Waals surface area contributed by atoms with Crippen molar-refractivity contribution in [3.05, 3.63) is 0 Å². The predicted molar refractivity (Wildman–Crippen MR) is 111 cm³/mol. The molecule has 4 rings (SSSR count). The number of halogens is 2. The van der Waals surface area contributed by atoms with Gasteiger partial charge >= 0.3 is 0 Å². The smallest absolute Gasteiger partial charge is 0.239 e. The van der Waals surface area contributed by atoms with E-state index in [0.29, 0.717) is 44.7 Å². The second-order valence-electron chi connectivity index (χ2n) is 8.30. The highest BCUT2D eigenvalue weighted by molar-refractivity contribution is 5.85. The summed E-state index contributed by atoms with van der Waals surface area (Å²) in [4.78, 5) is 31.5. The molecule has 2 amide bonds. The van der Waals surface area contributed by atoms with Gasteiger partial charge in [-0.3, -0.25) is 14.5 Å². The number of nitrogens with zero attached hydrogens (tertiary/aromatic N) is 3. The van der Waals surface area contributed by atoms with Crippen molar-refractivity contribution in [2.75, 3.05) is 45.8 Å². The fourth-order valence-corrected chi connectivity index (χ4v) is 5.14. The minimum atomic E-state index is 0. The van der Waals surface area contributed by atoms with Crippen molar-refractivity contribution < 1.29 is 9.59 Å². The Morgan fingerprint density at radius 3 is 2.11 bits per heavy atom. The molecule has 0 aromatic rings. The van der Waals surface area contributed by atoms with Crippen LogP contribution in [-0.4, -0.2) is 84.4 Å². The summed E-state index contributed by atoms with van der Waals surface area (Å²) in [6.45, 7) is 5.44. The van der Waals surface area contributed by atoms with Gasteiger partial charge in [0, 0.05) is 32.2 Å². The molecular formula is C19H34Cl2N4O2. The van der Waals surface area contributed by atoms with Gasteiger partial charge in [0.25, 0.3) is 0 Å². The van der Waals surface area contributed by atoms with Crippen LogP contribution < -0.4 is 5.32 Å². The van der Waals surface area contributed by atoms with Crippen molar-refractivity contribution in [3.63, 3.8) is 0 Å². The number of hydrogen-bond acceptors (Lipinski definition) is 4. The van der Waals surface area contributed by atoms with E-state index in [4.69, 9.17) is 0 Å². The lowest BCUT2D eigenvalue weighted by Gasteiger charge is -2.36. The highest BCUT2D eigenvalue weighted by Gasteiger charge is 2.40. The zero-order chi connectivity index (χ0) is 17.2. The van der Waals surface area contributed by atoms with Crippen molar-refractivity contribution in [3.8, 4) is 0 Å². The first-order chi connectivity index (χ1) is 12.2. The fourth-order valence-electron chi connectivity index (χ4n) is 5.14. The van der Waals surface area contributed by atoms with Crippen LogP contribution in [0.3, 0.4) is 0 Å². The molecule has 8 heteroatoms. The number of nitrogens with one attached hydrogen (secondary N) is 1. The number of rotatable bonds is 3. The molecule has 4 fully saturated rings. The van der Waals surface area contributed by atoms with E-state index in [1.807, 2.05) is 9.80 Å². The number of carbonyl (C=O) groups excluding carboxylic acids is 2. The summed E-state index contributed by atoms with van der Waals surface area (Å²) < 4.78 is 0. The molecule has 3 unspecified atom stereocenters. The van der Waals surface area contributed by atoms with Crippen LogP contribution in [0.25, 0.3) is 0 Å². The summed E-state index contributed by atoms with van der Waals surface area (Å²) in [6.07, 6.45) is 8.57. The molecule has 1 N–H and O–H groups in total. The monoisotopic (exact) mass is 420 g/mol. The number of fused-ring (bicyclic) bond motifs is 1. The Kier molecular flexibility index (Phi) is 8.66. The van der Waals surface area contributed by atoms with Gasteiger partial charge in [0.15, 0.2) is 0 Å². The molecule has 0 aromatic heterocycles. The second-order valence-corrected chi connectivity index (χ2v) is 8.30. The molecule has 3 aliphatic heterocycles. The van der Waals surface area contributed by atoms with Crippen molar-refractivity contribution in [1.29, 1.82) is 0 Å². The Labute approximate surface area is 175 Å². The van der Waals surface area contributed by atoms with E-state index in [0.717, 1.165) is 19.5 Å². The average molecular weight is 421 g/mol. The lowest BCUT2D eigenvalue weighted by atomic mass is 9.85. The fraction of sp³-hybridized carbons (Fsp3) is 0.895. The SMILES string of the molecule is Cl.Cl.O=C(CN1CCCC1)N1CCN(C(=O)C2CC3CCCCC3N2)CC1. The zero-order valence-corrected chi connectivity index (χ0v) is 17.7. The third-order valence-corrected chi connectivity index (χ3v) is 6.66. The quantitative estimate of drug-likeness (QED) is 0.751. The molecular weight excluding hydrogens is 387 g/mol. The molecule has 0 spiro atoms. The number of amides is 2. The summed E-state index contributed by atoms with van der Waals surface area (Å²) in [5, 5.41) is 3.59. The largest absolute Gasteiger partial charge is 0.338 e. The van der Waals surface area contributed by atoms with Gasteiger partial charge in [-0.1, -0.05) is 12.8 Å². The van der Waals surface area contributed by atoms with Crippen LogP contribution in [0, 0.1) is 5.92 Å². The molecule has 3 heterocycles. The van der Waals surface area contributed by atoms with Crippen LogP contribution in [0.5, 0.6) is 0 Å². The van der Waals surface area contributed by atoms with E-state index in [1.54, 1.807) is 0 Å². The summed E-state index contributed by atoms with van der Waals surface area (Å²) in [5.74, 6) is 1.20. The van der Waals surface area contributed by atoms with Gasteiger partial charge < -0.3 is 15.1 Å². The lowest BCUT2D eigenvalue weighted by molar-refractivity contribution is -0.141. The van der Waals surface area contributed by atoms with Crippen molar-refractivity contribution in [2.24, 2.45) is 5.92 Å². The van der Waals surface area contributed by atoms with Gasteiger partial charge in [-0.2, -0.15) is 0 Å². The molecule has 0 radical (unpaired) electrons.